The van der Waals surface area contributed by atoms with Crippen LogP contribution in [0.4, 0.5) is 0 Å². The molecule has 0 aromatic carbocycles. The number of rotatable bonds is 9. The van der Waals surface area contributed by atoms with Gasteiger partial charge in [0.05, 0.1) is 6.61 Å². The average Bonchev–Trinajstić information content (AvgIpc) is 2.98. The lowest BCUT2D eigenvalue weighted by molar-refractivity contribution is 0.133. The van der Waals surface area contributed by atoms with Crippen molar-refractivity contribution in [3.05, 3.63) is 0 Å². The van der Waals surface area contributed by atoms with Crippen molar-refractivity contribution >= 4 is 11.8 Å². The maximum Gasteiger partial charge on any atom is 0.0590 e. The van der Waals surface area contributed by atoms with E-state index in [0.29, 0.717) is 4.75 Å². The minimum atomic E-state index is 0.587. The predicted molar refractivity (Wildman–Crippen MR) is 64.1 cm³/mol. The van der Waals surface area contributed by atoms with E-state index in [1.807, 2.05) is 11.8 Å². The molecule has 1 aliphatic rings. The topological polar surface area (TPSA) is 21.3 Å². The summed E-state index contributed by atoms with van der Waals surface area (Å²) in [5.74, 6) is 0. The fourth-order valence-corrected chi connectivity index (χ4v) is 2.16. The van der Waals surface area contributed by atoms with E-state index in [0.717, 1.165) is 26.3 Å². The molecule has 0 unspecified atom stereocenters. The molecule has 1 rings (SSSR count). The summed E-state index contributed by atoms with van der Waals surface area (Å²) in [5.41, 5.74) is 0. The van der Waals surface area contributed by atoms with E-state index in [2.05, 4.69) is 18.5 Å². The predicted octanol–water partition coefficient (Wildman–Crippen LogP) is 2.29. The van der Waals surface area contributed by atoms with Crippen molar-refractivity contribution in [2.24, 2.45) is 0 Å². The van der Waals surface area contributed by atoms with E-state index in [1.54, 1.807) is 0 Å². The van der Waals surface area contributed by atoms with Crippen LogP contribution in [0.3, 0.4) is 0 Å². The summed E-state index contributed by atoms with van der Waals surface area (Å²) < 4.78 is 6.06. The molecule has 1 aliphatic carbocycles. The Morgan fingerprint density at radius 3 is 2.71 bits per heavy atom. The lowest BCUT2D eigenvalue weighted by Crippen LogP contribution is -2.28. The summed E-state index contributed by atoms with van der Waals surface area (Å²) in [6.45, 7) is 6.14. The molecule has 1 N–H and O–H groups in total. The number of thioether (sulfide) groups is 1. The Hall–Kier alpha value is 0.270. The first-order valence-corrected chi connectivity index (χ1v) is 6.89. The zero-order valence-corrected chi connectivity index (χ0v) is 10.3. The third kappa shape index (κ3) is 4.67. The normalized spacial score (nSPS) is 18.4. The van der Waals surface area contributed by atoms with Gasteiger partial charge in [-0.1, -0.05) is 13.3 Å². The molecule has 0 spiro atoms. The molecule has 0 bridgehead atoms. The highest BCUT2D eigenvalue weighted by molar-refractivity contribution is 8.00. The summed E-state index contributed by atoms with van der Waals surface area (Å²) in [7, 11) is 0. The van der Waals surface area contributed by atoms with Crippen molar-refractivity contribution in [1.82, 2.24) is 5.32 Å². The minimum absolute atomic E-state index is 0.587. The van der Waals surface area contributed by atoms with Crippen LogP contribution in [0.2, 0.25) is 0 Å². The quantitative estimate of drug-likeness (QED) is 0.599. The maximum absolute atomic E-state index is 5.47. The van der Waals surface area contributed by atoms with E-state index < -0.39 is 0 Å². The van der Waals surface area contributed by atoms with Gasteiger partial charge >= 0.3 is 0 Å². The van der Waals surface area contributed by atoms with Gasteiger partial charge in [-0.05, 0) is 25.5 Å². The lowest BCUT2D eigenvalue weighted by atomic mass is 10.4. The number of hydrogen-bond donors (Lipinski definition) is 1. The van der Waals surface area contributed by atoms with Gasteiger partial charge in [-0.25, -0.2) is 0 Å². The standard InChI is InChI=1S/C11H23NOS/c1-3-4-8-13-9-7-12-10-11(14-2)5-6-11/h12H,3-10H2,1-2H3. The maximum atomic E-state index is 5.47. The fourth-order valence-electron chi connectivity index (χ4n) is 1.40. The van der Waals surface area contributed by atoms with Crippen LogP contribution in [0, 0.1) is 0 Å². The first kappa shape index (κ1) is 12.3. The van der Waals surface area contributed by atoms with Gasteiger partial charge in [0.15, 0.2) is 0 Å². The Kier molecular flexibility index (Phi) is 5.90. The molecule has 1 fully saturated rings. The van der Waals surface area contributed by atoms with Crippen LogP contribution in [0.25, 0.3) is 0 Å². The summed E-state index contributed by atoms with van der Waals surface area (Å²) >= 11 is 2.01. The molecule has 0 aromatic heterocycles. The average molecular weight is 217 g/mol. The van der Waals surface area contributed by atoms with Crippen molar-refractivity contribution in [3.63, 3.8) is 0 Å². The zero-order valence-electron chi connectivity index (χ0n) is 9.47. The number of nitrogens with one attached hydrogen (secondary N) is 1. The highest BCUT2D eigenvalue weighted by atomic mass is 32.2. The third-order valence-corrected chi connectivity index (χ3v) is 4.17. The number of ether oxygens (including phenoxy) is 1. The van der Waals surface area contributed by atoms with Crippen LogP contribution in [0.5, 0.6) is 0 Å². The van der Waals surface area contributed by atoms with Crippen molar-refractivity contribution in [2.75, 3.05) is 32.6 Å². The van der Waals surface area contributed by atoms with E-state index >= 15 is 0 Å². The van der Waals surface area contributed by atoms with Gasteiger partial charge < -0.3 is 10.1 Å². The molecule has 0 amide bonds. The van der Waals surface area contributed by atoms with Crippen LogP contribution in [-0.2, 0) is 4.74 Å². The van der Waals surface area contributed by atoms with E-state index in [9.17, 15) is 0 Å². The van der Waals surface area contributed by atoms with Crippen molar-refractivity contribution in [1.29, 1.82) is 0 Å². The SMILES string of the molecule is CCCCOCCNCC1(SC)CC1. The zero-order chi connectivity index (χ0) is 10.3. The smallest absolute Gasteiger partial charge is 0.0590 e. The minimum Gasteiger partial charge on any atom is -0.380 e. The van der Waals surface area contributed by atoms with Gasteiger partial charge in [0.25, 0.3) is 0 Å². The number of hydrogen-bond acceptors (Lipinski definition) is 3. The molecule has 0 radical (unpaired) electrons. The Bertz CT molecular complexity index is 148. The van der Waals surface area contributed by atoms with Crippen LogP contribution >= 0.6 is 11.8 Å². The summed E-state index contributed by atoms with van der Waals surface area (Å²) in [5, 5.41) is 3.47. The van der Waals surface area contributed by atoms with Crippen LogP contribution < -0.4 is 5.32 Å². The van der Waals surface area contributed by atoms with Crippen LogP contribution in [0.15, 0.2) is 0 Å². The Morgan fingerprint density at radius 2 is 2.14 bits per heavy atom. The Labute approximate surface area is 92.2 Å². The molecule has 84 valence electrons. The molecule has 0 heterocycles. The molecule has 0 atom stereocenters. The monoisotopic (exact) mass is 217 g/mol. The van der Waals surface area contributed by atoms with Gasteiger partial charge in [-0.3, -0.25) is 0 Å². The molecule has 0 saturated heterocycles. The molecular formula is C11H23NOS. The van der Waals surface area contributed by atoms with Gasteiger partial charge in [0.2, 0.25) is 0 Å². The highest BCUT2D eigenvalue weighted by Gasteiger charge is 2.41. The van der Waals surface area contributed by atoms with Gasteiger partial charge in [0.1, 0.15) is 0 Å². The molecule has 14 heavy (non-hydrogen) atoms. The Balaban J connectivity index is 1.80. The second-order valence-electron chi connectivity index (χ2n) is 4.03. The van der Waals surface area contributed by atoms with Crippen LogP contribution in [0.1, 0.15) is 32.6 Å². The summed E-state index contributed by atoms with van der Waals surface area (Å²) in [4.78, 5) is 0. The molecule has 0 aliphatic heterocycles. The first-order valence-electron chi connectivity index (χ1n) is 5.66. The number of unbranched alkanes of at least 4 members (excludes halogenated alkanes) is 1. The third-order valence-electron chi connectivity index (χ3n) is 2.75. The lowest BCUT2D eigenvalue weighted by Gasteiger charge is -2.12. The molecule has 0 aromatic rings. The molecular weight excluding hydrogens is 194 g/mol. The van der Waals surface area contributed by atoms with E-state index in [1.165, 1.54) is 25.7 Å². The molecule has 1 saturated carbocycles. The molecule has 2 nitrogen and oxygen atoms in total. The van der Waals surface area contributed by atoms with Crippen molar-refractivity contribution < 1.29 is 4.74 Å². The van der Waals surface area contributed by atoms with Crippen molar-refractivity contribution in [2.45, 2.75) is 37.4 Å². The summed E-state index contributed by atoms with van der Waals surface area (Å²) in [6, 6.07) is 0. The van der Waals surface area contributed by atoms with Gasteiger partial charge in [-0.2, -0.15) is 11.8 Å². The Morgan fingerprint density at radius 1 is 1.36 bits per heavy atom. The fraction of sp³-hybridized carbons (Fsp3) is 1.00. The van der Waals surface area contributed by atoms with Gasteiger partial charge in [0, 0.05) is 24.4 Å². The summed E-state index contributed by atoms with van der Waals surface area (Å²) in [6.07, 6.45) is 7.40. The van der Waals surface area contributed by atoms with E-state index in [-0.39, 0.29) is 0 Å². The molecule has 3 heteroatoms. The first-order chi connectivity index (χ1) is 6.83. The second kappa shape index (κ2) is 6.70. The largest absolute Gasteiger partial charge is 0.380 e. The second-order valence-corrected chi connectivity index (χ2v) is 5.30. The van der Waals surface area contributed by atoms with Crippen molar-refractivity contribution in [3.8, 4) is 0 Å². The highest BCUT2D eigenvalue weighted by Crippen LogP contribution is 2.46. The van der Waals surface area contributed by atoms with Gasteiger partial charge in [-0.15, -0.1) is 0 Å². The van der Waals surface area contributed by atoms with E-state index in [4.69, 9.17) is 4.74 Å². The van der Waals surface area contributed by atoms with Crippen LogP contribution in [-0.4, -0.2) is 37.3 Å².